The van der Waals surface area contributed by atoms with Gasteiger partial charge in [-0.1, -0.05) is 20.3 Å². The van der Waals surface area contributed by atoms with Crippen molar-refractivity contribution in [2.75, 3.05) is 18.0 Å². The molecule has 0 unspecified atom stereocenters. The second kappa shape index (κ2) is 7.07. The number of carbonyl (C=O) groups is 1. The zero-order chi connectivity index (χ0) is 14.5. The first-order valence-corrected chi connectivity index (χ1v) is 8.37. The van der Waals surface area contributed by atoms with Crippen LogP contribution in [0.1, 0.15) is 50.1 Å². The monoisotopic (exact) mass is 296 g/mol. The summed E-state index contributed by atoms with van der Waals surface area (Å²) in [6.45, 7) is 6.61. The van der Waals surface area contributed by atoms with Crippen LogP contribution in [0.2, 0.25) is 0 Å². The van der Waals surface area contributed by atoms with Crippen LogP contribution in [0, 0.1) is 5.92 Å². The number of aryl methyl sites for hydroxylation is 2. The first kappa shape index (κ1) is 15.3. The number of aliphatic carboxylic acids is 1. The van der Waals surface area contributed by atoms with Gasteiger partial charge >= 0.3 is 5.97 Å². The highest BCUT2D eigenvalue weighted by Crippen LogP contribution is 2.31. The van der Waals surface area contributed by atoms with Gasteiger partial charge in [0, 0.05) is 18.0 Å². The standard InChI is InChI=1S/C15H24N2O2S/c1-3-4-12-13(5-6-14(18)19)20-15(16-12)17-9-7-11(2)8-10-17/h11H,3-10H2,1-2H3,(H,18,19). The number of hydrogen-bond donors (Lipinski definition) is 1. The molecule has 2 heterocycles. The molecule has 1 N–H and O–H groups in total. The van der Waals surface area contributed by atoms with Crippen LogP contribution in [-0.2, 0) is 17.6 Å². The Hall–Kier alpha value is -1.10. The van der Waals surface area contributed by atoms with Crippen LogP contribution >= 0.6 is 11.3 Å². The quantitative estimate of drug-likeness (QED) is 0.874. The zero-order valence-corrected chi connectivity index (χ0v) is 13.2. The third kappa shape index (κ3) is 3.95. The highest BCUT2D eigenvalue weighted by atomic mass is 32.1. The minimum absolute atomic E-state index is 0.204. The second-order valence-electron chi connectivity index (χ2n) is 5.68. The van der Waals surface area contributed by atoms with Gasteiger partial charge in [0.2, 0.25) is 0 Å². The summed E-state index contributed by atoms with van der Waals surface area (Å²) >= 11 is 1.70. The van der Waals surface area contributed by atoms with E-state index in [1.54, 1.807) is 11.3 Å². The van der Waals surface area contributed by atoms with Crippen molar-refractivity contribution in [3.05, 3.63) is 10.6 Å². The Morgan fingerprint density at radius 3 is 2.70 bits per heavy atom. The van der Waals surface area contributed by atoms with Crippen molar-refractivity contribution in [1.82, 2.24) is 4.98 Å². The van der Waals surface area contributed by atoms with Crippen molar-refractivity contribution < 1.29 is 9.90 Å². The number of anilines is 1. The average molecular weight is 296 g/mol. The van der Waals surface area contributed by atoms with Gasteiger partial charge in [-0.25, -0.2) is 4.98 Å². The van der Waals surface area contributed by atoms with E-state index in [-0.39, 0.29) is 6.42 Å². The largest absolute Gasteiger partial charge is 0.481 e. The highest BCUT2D eigenvalue weighted by Gasteiger charge is 2.20. The van der Waals surface area contributed by atoms with Crippen LogP contribution in [0.25, 0.3) is 0 Å². The number of carboxylic acids is 1. The van der Waals surface area contributed by atoms with Crippen molar-refractivity contribution in [2.45, 2.75) is 52.4 Å². The predicted octanol–water partition coefficient (Wildman–Crippen LogP) is 3.35. The van der Waals surface area contributed by atoms with Crippen LogP contribution in [0.5, 0.6) is 0 Å². The van der Waals surface area contributed by atoms with E-state index >= 15 is 0 Å². The Bertz CT molecular complexity index is 451. The molecule has 4 nitrogen and oxygen atoms in total. The number of carboxylic acid groups (broad SMARTS) is 1. The smallest absolute Gasteiger partial charge is 0.303 e. The van der Waals surface area contributed by atoms with Crippen LogP contribution in [0.3, 0.4) is 0 Å². The summed E-state index contributed by atoms with van der Waals surface area (Å²) in [5.74, 6) is 0.0852. The van der Waals surface area contributed by atoms with Gasteiger partial charge in [-0.05, 0) is 31.6 Å². The lowest BCUT2D eigenvalue weighted by Crippen LogP contribution is -2.32. The van der Waals surface area contributed by atoms with Gasteiger partial charge in [0.25, 0.3) is 0 Å². The fourth-order valence-corrected chi connectivity index (χ4v) is 3.71. The van der Waals surface area contributed by atoms with Gasteiger partial charge in [0.05, 0.1) is 12.1 Å². The van der Waals surface area contributed by atoms with E-state index in [1.165, 1.54) is 17.7 Å². The Balaban J connectivity index is 2.09. The predicted molar refractivity (Wildman–Crippen MR) is 82.7 cm³/mol. The normalized spacial score (nSPS) is 16.6. The molecule has 2 rings (SSSR count). The average Bonchev–Trinajstić information content (AvgIpc) is 2.81. The maximum Gasteiger partial charge on any atom is 0.303 e. The molecular formula is C15H24N2O2S. The number of thiazole rings is 1. The number of hydrogen-bond acceptors (Lipinski definition) is 4. The fourth-order valence-electron chi connectivity index (χ4n) is 2.55. The topological polar surface area (TPSA) is 53.4 Å². The van der Waals surface area contributed by atoms with E-state index in [0.29, 0.717) is 6.42 Å². The molecule has 0 bridgehead atoms. The molecule has 0 aliphatic carbocycles. The van der Waals surface area contributed by atoms with E-state index < -0.39 is 5.97 Å². The van der Waals surface area contributed by atoms with Gasteiger partial charge < -0.3 is 10.0 Å². The summed E-state index contributed by atoms with van der Waals surface area (Å²) in [6, 6.07) is 0. The molecule has 0 amide bonds. The van der Waals surface area contributed by atoms with Crippen LogP contribution in [-0.4, -0.2) is 29.1 Å². The number of rotatable bonds is 6. The molecular weight excluding hydrogens is 272 g/mol. The molecule has 0 radical (unpaired) electrons. The summed E-state index contributed by atoms with van der Waals surface area (Å²) < 4.78 is 0. The second-order valence-corrected chi connectivity index (χ2v) is 6.74. The van der Waals surface area contributed by atoms with Crippen molar-refractivity contribution in [3.63, 3.8) is 0 Å². The molecule has 1 aliphatic rings. The summed E-state index contributed by atoms with van der Waals surface area (Å²) in [6.07, 6.45) is 5.29. The molecule has 1 fully saturated rings. The molecule has 0 saturated carbocycles. The Kier molecular flexibility index (Phi) is 5.40. The van der Waals surface area contributed by atoms with E-state index in [4.69, 9.17) is 10.1 Å². The summed E-state index contributed by atoms with van der Waals surface area (Å²) in [5, 5.41) is 9.95. The van der Waals surface area contributed by atoms with Crippen molar-refractivity contribution in [1.29, 1.82) is 0 Å². The number of nitrogens with zero attached hydrogens (tertiary/aromatic N) is 2. The third-order valence-corrected chi connectivity index (χ3v) is 5.09. The Labute approximate surface area is 124 Å². The van der Waals surface area contributed by atoms with Crippen LogP contribution in [0.15, 0.2) is 0 Å². The molecule has 0 spiro atoms. The van der Waals surface area contributed by atoms with Crippen molar-refractivity contribution >= 4 is 22.4 Å². The molecule has 1 saturated heterocycles. The fraction of sp³-hybridized carbons (Fsp3) is 0.733. The maximum atomic E-state index is 10.8. The lowest BCUT2D eigenvalue weighted by Gasteiger charge is -2.29. The third-order valence-electron chi connectivity index (χ3n) is 3.87. The molecule has 1 aliphatic heterocycles. The summed E-state index contributed by atoms with van der Waals surface area (Å²) in [4.78, 5) is 19.1. The molecule has 0 atom stereocenters. The lowest BCUT2D eigenvalue weighted by molar-refractivity contribution is -0.136. The van der Waals surface area contributed by atoms with E-state index in [1.807, 2.05) is 0 Å². The molecule has 112 valence electrons. The van der Waals surface area contributed by atoms with Gasteiger partial charge in [-0.2, -0.15) is 0 Å². The first-order chi connectivity index (χ1) is 9.60. The SMILES string of the molecule is CCCc1nc(N2CCC(C)CC2)sc1CCC(=O)O. The first-order valence-electron chi connectivity index (χ1n) is 7.55. The van der Waals surface area contributed by atoms with Crippen LogP contribution < -0.4 is 4.90 Å². The number of aromatic nitrogens is 1. The zero-order valence-electron chi connectivity index (χ0n) is 12.4. The van der Waals surface area contributed by atoms with Gasteiger partial charge in [0.15, 0.2) is 5.13 Å². The van der Waals surface area contributed by atoms with Crippen LogP contribution in [0.4, 0.5) is 5.13 Å². The maximum absolute atomic E-state index is 10.8. The van der Waals surface area contributed by atoms with Gasteiger partial charge in [0.1, 0.15) is 0 Å². The Morgan fingerprint density at radius 2 is 2.10 bits per heavy atom. The molecule has 1 aromatic heterocycles. The molecule has 5 heteroatoms. The molecule has 20 heavy (non-hydrogen) atoms. The van der Waals surface area contributed by atoms with Crippen molar-refractivity contribution in [3.8, 4) is 0 Å². The van der Waals surface area contributed by atoms with E-state index in [9.17, 15) is 4.79 Å². The molecule has 1 aromatic rings. The minimum Gasteiger partial charge on any atom is -0.481 e. The van der Waals surface area contributed by atoms with Gasteiger partial charge in [-0.15, -0.1) is 11.3 Å². The summed E-state index contributed by atoms with van der Waals surface area (Å²) in [7, 11) is 0. The number of piperidine rings is 1. The lowest BCUT2D eigenvalue weighted by atomic mass is 10.00. The summed E-state index contributed by atoms with van der Waals surface area (Å²) in [5.41, 5.74) is 1.12. The van der Waals surface area contributed by atoms with E-state index in [0.717, 1.165) is 42.7 Å². The van der Waals surface area contributed by atoms with Gasteiger partial charge in [-0.3, -0.25) is 4.79 Å². The molecule has 0 aromatic carbocycles. The highest BCUT2D eigenvalue weighted by molar-refractivity contribution is 7.15. The Morgan fingerprint density at radius 1 is 1.40 bits per heavy atom. The minimum atomic E-state index is -0.728. The van der Waals surface area contributed by atoms with Crippen molar-refractivity contribution in [2.24, 2.45) is 5.92 Å². The van der Waals surface area contributed by atoms with E-state index in [2.05, 4.69) is 18.7 Å².